The van der Waals surface area contributed by atoms with E-state index >= 15 is 0 Å². The third-order valence-electron chi connectivity index (χ3n) is 3.15. The zero-order valence-corrected chi connectivity index (χ0v) is 8.98. The van der Waals surface area contributed by atoms with E-state index in [0.29, 0.717) is 0 Å². The average Bonchev–Trinajstić information content (AvgIpc) is 2.69. The lowest BCUT2D eigenvalue weighted by Gasteiger charge is -2.20. The highest BCUT2D eigenvalue weighted by atomic mass is 32.1. The molecule has 0 bridgehead atoms. The van der Waals surface area contributed by atoms with Crippen molar-refractivity contribution in [2.45, 2.75) is 44.9 Å². The van der Waals surface area contributed by atoms with Crippen molar-refractivity contribution in [2.24, 2.45) is 5.92 Å². The second-order valence-corrected chi connectivity index (χ2v) is 4.95. The van der Waals surface area contributed by atoms with Crippen molar-refractivity contribution in [2.75, 3.05) is 0 Å². The van der Waals surface area contributed by atoms with Gasteiger partial charge in [0, 0.05) is 0 Å². The van der Waals surface area contributed by atoms with Crippen LogP contribution in [-0.4, -0.2) is 0 Å². The summed E-state index contributed by atoms with van der Waals surface area (Å²) in [7, 11) is 0. The maximum Gasteiger partial charge on any atom is -0.00613 e. The third-order valence-corrected chi connectivity index (χ3v) is 3.88. The predicted molar refractivity (Wildman–Crippen MR) is 59.2 cm³/mol. The topological polar surface area (TPSA) is 0 Å². The summed E-state index contributed by atoms with van der Waals surface area (Å²) in [6.07, 6.45) is 10.2. The minimum Gasteiger partial charge on any atom is -0.152 e. The first-order chi connectivity index (χ1) is 6.45. The van der Waals surface area contributed by atoms with Gasteiger partial charge in [-0.1, -0.05) is 32.1 Å². The van der Waals surface area contributed by atoms with E-state index in [1.807, 2.05) is 11.3 Å². The molecule has 1 fully saturated rings. The summed E-state index contributed by atoms with van der Waals surface area (Å²) < 4.78 is 0. The summed E-state index contributed by atoms with van der Waals surface area (Å²) in [4.78, 5) is 0. The van der Waals surface area contributed by atoms with E-state index in [1.165, 1.54) is 44.9 Å². The molecule has 0 N–H and O–H groups in total. The van der Waals surface area contributed by atoms with Crippen molar-refractivity contribution < 1.29 is 0 Å². The fourth-order valence-corrected chi connectivity index (χ4v) is 2.98. The van der Waals surface area contributed by atoms with Crippen LogP contribution in [0.5, 0.6) is 0 Å². The van der Waals surface area contributed by atoms with E-state index in [0.717, 1.165) is 5.92 Å². The molecule has 0 unspecified atom stereocenters. The molecule has 1 aliphatic carbocycles. The van der Waals surface area contributed by atoms with Crippen LogP contribution in [0.4, 0.5) is 0 Å². The van der Waals surface area contributed by atoms with Gasteiger partial charge in [-0.05, 0) is 41.1 Å². The summed E-state index contributed by atoms with van der Waals surface area (Å²) in [5.74, 6) is 1.04. The highest BCUT2D eigenvalue weighted by Crippen LogP contribution is 2.27. The molecule has 0 nitrogen and oxygen atoms in total. The Kier molecular flexibility index (Phi) is 3.42. The molecule has 1 aromatic rings. The first-order valence-electron chi connectivity index (χ1n) is 5.46. The molecule has 0 aromatic carbocycles. The highest BCUT2D eigenvalue weighted by Gasteiger charge is 2.12. The van der Waals surface area contributed by atoms with Crippen molar-refractivity contribution in [3.63, 3.8) is 0 Å². The quantitative estimate of drug-likeness (QED) is 0.674. The predicted octanol–water partition coefficient (Wildman–Crippen LogP) is 4.26. The molecule has 1 heterocycles. The van der Waals surface area contributed by atoms with Crippen LogP contribution in [-0.2, 0) is 6.42 Å². The van der Waals surface area contributed by atoms with Gasteiger partial charge in [0.25, 0.3) is 0 Å². The van der Waals surface area contributed by atoms with Crippen molar-refractivity contribution in [1.29, 1.82) is 0 Å². The van der Waals surface area contributed by atoms with Gasteiger partial charge in [0.2, 0.25) is 0 Å². The molecule has 1 aromatic heterocycles. The molecular weight excluding hydrogens is 176 g/mol. The molecular formula is C12H18S. The number of thiophene rings is 1. The Morgan fingerprint density at radius 3 is 2.77 bits per heavy atom. The van der Waals surface area contributed by atoms with Crippen molar-refractivity contribution >= 4 is 11.3 Å². The van der Waals surface area contributed by atoms with Crippen molar-refractivity contribution in [1.82, 2.24) is 0 Å². The van der Waals surface area contributed by atoms with E-state index in [-0.39, 0.29) is 0 Å². The molecule has 1 saturated carbocycles. The lowest BCUT2D eigenvalue weighted by Crippen LogP contribution is -2.06. The molecule has 0 radical (unpaired) electrons. The maximum atomic E-state index is 2.29. The van der Waals surface area contributed by atoms with E-state index < -0.39 is 0 Å². The van der Waals surface area contributed by atoms with Crippen LogP contribution >= 0.6 is 11.3 Å². The van der Waals surface area contributed by atoms with Crippen LogP contribution in [0.25, 0.3) is 0 Å². The maximum absolute atomic E-state index is 2.29. The van der Waals surface area contributed by atoms with Gasteiger partial charge in [-0.3, -0.25) is 0 Å². The largest absolute Gasteiger partial charge is 0.152 e. The van der Waals surface area contributed by atoms with Crippen LogP contribution in [0.3, 0.4) is 0 Å². The SMILES string of the molecule is c1cc(CCC2CCCCC2)cs1. The van der Waals surface area contributed by atoms with Crippen molar-refractivity contribution in [3.8, 4) is 0 Å². The van der Waals surface area contributed by atoms with Gasteiger partial charge in [0.05, 0.1) is 0 Å². The van der Waals surface area contributed by atoms with Gasteiger partial charge >= 0.3 is 0 Å². The smallest absolute Gasteiger partial charge is 0.00613 e. The Morgan fingerprint density at radius 1 is 1.23 bits per heavy atom. The lowest BCUT2D eigenvalue weighted by molar-refractivity contribution is 0.339. The molecule has 0 saturated heterocycles. The fourth-order valence-electron chi connectivity index (χ4n) is 2.28. The van der Waals surface area contributed by atoms with E-state index in [4.69, 9.17) is 0 Å². The van der Waals surface area contributed by atoms with Crippen LogP contribution in [0.1, 0.15) is 44.1 Å². The second-order valence-electron chi connectivity index (χ2n) is 4.17. The zero-order chi connectivity index (χ0) is 8.93. The van der Waals surface area contributed by atoms with Gasteiger partial charge in [-0.2, -0.15) is 11.3 Å². The first-order valence-corrected chi connectivity index (χ1v) is 6.40. The van der Waals surface area contributed by atoms with Crippen LogP contribution in [0.2, 0.25) is 0 Å². The number of hydrogen-bond acceptors (Lipinski definition) is 1. The average molecular weight is 194 g/mol. The summed E-state index contributed by atoms with van der Waals surface area (Å²) >= 11 is 1.83. The molecule has 0 atom stereocenters. The molecule has 1 heteroatoms. The number of aryl methyl sites for hydroxylation is 1. The Hall–Kier alpha value is -0.300. The zero-order valence-electron chi connectivity index (χ0n) is 8.17. The van der Waals surface area contributed by atoms with E-state index in [1.54, 1.807) is 5.56 Å². The van der Waals surface area contributed by atoms with Crippen LogP contribution in [0, 0.1) is 5.92 Å². The fraction of sp³-hybridized carbons (Fsp3) is 0.667. The lowest BCUT2D eigenvalue weighted by atomic mass is 9.85. The molecule has 2 rings (SSSR count). The molecule has 0 aliphatic heterocycles. The molecule has 13 heavy (non-hydrogen) atoms. The van der Waals surface area contributed by atoms with Gasteiger partial charge in [-0.25, -0.2) is 0 Å². The van der Waals surface area contributed by atoms with E-state index in [9.17, 15) is 0 Å². The van der Waals surface area contributed by atoms with Gasteiger partial charge in [-0.15, -0.1) is 0 Å². The standard InChI is InChI=1S/C12H18S/c1-2-4-11(5-3-1)6-7-12-8-9-13-10-12/h8-11H,1-7H2. The summed E-state index contributed by atoms with van der Waals surface area (Å²) in [6, 6.07) is 2.27. The van der Waals surface area contributed by atoms with Crippen molar-refractivity contribution in [3.05, 3.63) is 22.4 Å². The molecule has 72 valence electrons. The third kappa shape index (κ3) is 2.84. The first kappa shape index (κ1) is 9.26. The number of hydrogen-bond donors (Lipinski definition) is 0. The Morgan fingerprint density at radius 2 is 2.08 bits per heavy atom. The molecule has 1 aliphatic rings. The summed E-state index contributed by atoms with van der Waals surface area (Å²) in [5.41, 5.74) is 1.55. The van der Waals surface area contributed by atoms with E-state index in [2.05, 4.69) is 16.8 Å². The van der Waals surface area contributed by atoms with Crippen LogP contribution < -0.4 is 0 Å². The summed E-state index contributed by atoms with van der Waals surface area (Å²) in [6.45, 7) is 0. The van der Waals surface area contributed by atoms with Gasteiger partial charge in [0.1, 0.15) is 0 Å². The molecule has 0 spiro atoms. The minimum absolute atomic E-state index is 1.04. The highest BCUT2D eigenvalue weighted by molar-refractivity contribution is 7.07. The Balaban J connectivity index is 1.72. The van der Waals surface area contributed by atoms with Gasteiger partial charge in [0.15, 0.2) is 0 Å². The van der Waals surface area contributed by atoms with Crippen LogP contribution in [0.15, 0.2) is 16.8 Å². The monoisotopic (exact) mass is 194 g/mol. The second kappa shape index (κ2) is 4.80. The Labute approximate surface area is 85.0 Å². The minimum atomic E-state index is 1.04. The summed E-state index contributed by atoms with van der Waals surface area (Å²) in [5, 5.41) is 4.49. The Bertz CT molecular complexity index is 219. The molecule has 0 amide bonds. The van der Waals surface area contributed by atoms with Gasteiger partial charge < -0.3 is 0 Å². The normalized spacial score (nSPS) is 19.1. The number of rotatable bonds is 3.